The molecule has 28 heavy (non-hydrogen) atoms. The minimum Gasteiger partial charge on any atom is -0.481 e. The molecular formula is C23H29N2O3+. The number of aliphatic imine (C=N–C) groups is 1. The van der Waals surface area contributed by atoms with Crippen molar-refractivity contribution in [2.24, 2.45) is 22.2 Å². The van der Waals surface area contributed by atoms with E-state index in [1.165, 1.54) is 0 Å². The van der Waals surface area contributed by atoms with E-state index in [4.69, 9.17) is 0 Å². The number of carboxylic acid groups (broad SMARTS) is 1. The van der Waals surface area contributed by atoms with Gasteiger partial charge in [-0.1, -0.05) is 12.2 Å². The fraction of sp³-hybridized carbons (Fsp3) is 0.478. The highest BCUT2D eigenvalue weighted by atomic mass is 16.4. The van der Waals surface area contributed by atoms with E-state index < -0.39 is 11.4 Å². The average Bonchev–Trinajstić information content (AvgIpc) is 2.58. The third-order valence-corrected chi connectivity index (χ3v) is 5.68. The van der Waals surface area contributed by atoms with Crippen molar-refractivity contribution in [3.8, 4) is 0 Å². The molecule has 5 nitrogen and oxygen atoms in total. The van der Waals surface area contributed by atoms with Gasteiger partial charge in [0.1, 0.15) is 0 Å². The molecule has 3 rings (SSSR count). The second kappa shape index (κ2) is 8.63. The molecule has 0 aromatic carbocycles. The monoisotopic (exact) mass is 381 g/mol. The Bertz CT molecular complexity index is 813. The Morgan fingerprint density at radius 2 is 1.93 bits per heavy atom. The largest absolute Gasteiger partial charge is 0.481 e. The topological polar surface area (TPSA) is 70.6 Å². The zero-order valence-corrected chi connectivity index (χ0v) is 16.7. The van der Waals surface area contributed by atoms with Crippen LogP contribution in [-0.2, 0) is 16.1 Å². The molecule has 2 aliphatic rings. The third-order valence-electron chi connectivity index (χ3n) is 5.68. The summed E-state index contributed by atoms with van der Waals surface area (Å²) in [5.74, 6) is -0.139. The van der Waals surface area contributed by atoms with E-state index in [-0.39, 0.29) is 11.7 Å². The molecule has 1 saturated carbocycles. The van der Waals surface area contributed by atoms with Crippen LogP contribution in [0.5, 0.6) is 0 Å². The molecule has 0 amide bonds. The second-order valence-corrected chi connectivity index (χ2v) is 8.52. The summed E-state index contributed by atoms with van der Waals surface area (Å²) in [6.45, 7) is 3.88. The van der Waals surface area contributed by atoms with Crippen LogP contribution in [0.15, 0.2) is 47.7 Å². The van der Waals surface area contributed by atoms with Gasteiger partial charge in [-0.3, -0.25) is 14.6 Å². The van der Waals surface area contributed by atoms with Crippen LogP contribution in [0.1, 0.15) is 51.5 Å². The van der Waals surface area contributed by atoms with Gasteiger partial charge < -0.3 is 5.11 Å². The molecule has 5 heteroatoms. The fourth-order valence-corrected chi connectivity index (χ4v) is 3.82. The van der Waals surface area contributed by atoms with Gasteiger partial charge in [-0.2, -0.15) is 4.57 Å². The summed E-state index contributed by atoms with van der Waals surface area (Å²) in [6.07, 6.45) is 16.2. The fourth-order valence-electron chi connectivity index (χ4n) is 3.82. The highest BCUT2D eigenvalue weighted by Gasteiger charge is 2.40. The number of carbonyl (C=O) groups is 2. The number of nitrogens with zero attached hydrogens (tertiary/aromatic N) is 2. The molecule has 1 aliphatic heterocycles. The standard InChI is InChI=1S/C23H28N2O3/c1-23(2,22(27)28)15-17-13-19(14-17)21(26)16-25-11-8-18(9-12-25)20-7-5-3-4-6-10-24-20/h3,5,7-12,17,19H,4,6,13-16H2,1-2H3/p+1/b5-3-,20-7-,24-10?. The summed E-state index contributed by atoms with van der Waals surface area (Å²) in [5, 5.41) is 9.24. The smallest absolute Gasteiger partial charge is 0.309 e. The molecule has 1 N–H and O–H groups in total. The Morgan fingerprint density at radius 1 is 1.21 bits per heavy atom. The maximum absolute atomic E-state index is 12.5. The minimum atomic E-state index is -0.767. The first-order valence-corrected chi connectivity index (χ1v) is 10.00. The molecule has 0 radical (unpaired) electrons. The Kier molecular flexibility index (Phi) is 6.22. The van der Waals surface area contributed by atoms with Crippen molar-refractivity contribution < 1.29 is 19.3 Å². The quantitative estimate of drug-likeness (QED) is 0.730. The highest BCUT2D eigenvalue weighted by Crippen LogP contribution is 2.41. The summed E-state index contributed by atoms with van der Waals surface area (Å²) >= 11 is 0. The summed E-state index contributed by atoms with van der Waals surface area (Å²) in [7, 11) is 0. The molecule has 1 aromatic rings. The number of rotatable bonds is 7. The zero-order valence-electron chi connectivity index (χ0n) is 16.7. The molecule has 0 bridgehead atoms. The van der Waals surface area contributed by atoms with Gasteiger partial charge in [0.25, 0.3) is 0 Å². The number of pyridine rings is 1. The average molecular weight is 381 g/mol. The van der Waals surface area contributed by atoms with Crippen molar-refractivity contribution in [3.63, 3.8) is 0 Å². The number of Topliss-reactive ketones (excluding diaryl/α,β-unsaturated/α-hetero) is 1. The van der Waals surface area contributed by atoms with Crippen molar-refractivity contribution in [2.75, 3.05) is 0 Å². The lowest BCUT2D eigenvalue weighted by Gasteiger charge is -2.37. The molecule has 1 fully saturated rings. The van der Waals surface area contributed by atoms with Crippen molar-refractivity contribution in [3.05, 3.63) is 48.3 Å². The summed E-state index contributed by atoms with van der Waals surface area (Å²) in [6, 6.07) is 3.98. The Hall–Kier alpha value is -2.56. The van der Waals surface area contributed by atoms with E-state index in [9.17, 15) is 14.7 Å². The maximum atomic E-state index is 12.5. The first kappa shape index (κ1) is 20.2. The van der Waals surface area contributed by atoms with E-state index in [1.807, 2.05) is 47.5 Å². The highest BCUT2D eigenvalue weighted by molar-refractivity contribution is 5.80. The van der Waals surface area contributed by atoms with Gasteiger partial charge in [0.2, 0.25) is 12.3 Å². The van der Waals surface area contributed by atoms with Crippen LogP contribution in [0.2, 0.25) is 0 Å². The van der Waals surface area contributed by atoms with Gasteiger partial charge in [0, 0.05) is 29.8 Å². The van der Waals surface area contributed by atoms with Crippen LogP contribution in [0, 0.1) is 17.3 Å². The number of aliphatic carboxylic acids is 1. The molecule has 1 aromatic heterocycles. The Labute approximate surface area is 166 Å². The number of hydrogen-bond acceptors (Lipinski definition) is 3. The van der Waals surface area contributed by atoms with Crippen molar-refractivity contribution >= 4 is 23.7 Å². The minimum absolute atomic E-state index is 0.0600. The second-order valence-electron chi connectivity index (χ2n) is 8.52. The van der Waals surface area contributed by atoms with Crippen LogP contribution in [0.4, 0.5) is 0 Å². The number of hydrogen-bond donors (Lipinski definition) is 1. The molecular weight excluding hydrogens is 352 g/mol. The van der Waals surface area contributed by atoms with Crippen LogP contribution in [-0.4, -0.2) is 23.1 Å². The van der Waals surface area contributed by atoms with E-state index in [1.54, 1.807) is 13.8 Å². The normalized spacial score (nSPS) is 25.0. The number of aromatic nitrogens is 1. The molecule has 2 heterocycles. The molecule has 0 unspecified atom stereocenters. The van der Waals surface area contributed by atoms with Gasteiger partial charge in [-0.25, -0.2) is 0 Å². The lowest BCUT2D eigenvalue weighted by molar-refractivity contribution is -0.684. The Morgan fingerprint density at radius 3 is 2.61 bits per heavy atom. The first-order chi connectivity index (χ1) is 13.3. The number of ketones is 1. The van der Waals surface area contributed by atoms with Gasteiger partial charge >= 0.3 is 5.97 Å². The van der Waals surface area contributed by atoms with Crippen LogP contribution >= 0.6 is 0 Å². The first-order valence-electron chi connectivity index (χ1n) is 10.00. The van der Waals surface area contributed by atoms with Gasteiger partial charge in [0.05, 0.1) is 11.1 Å². The number of allylic oxidation sites excluding steroid dienone is 3. The molecule has 1 aliphatic carbocycles. The van der Waals surface area contributed by atoms with Crippen LogP contribution < -0.4 is 4.57 Å². The van der Waals surface area contributed by atoms with Crippen LogP contribution in [0.3, 0.4) is 0 Å². The molecule has 0 saturated heterocycles. The number of carboxylic acids is 1. The molecule has 0 spiro atoms. The van der Waals surface area contributed by atoms with Crippen molar-refractivity contribution in [2.45, 2.75) is 52.5 Å². The van der Waals surface area contributed by atoms with Crippen LogP contribution in [0.25, 0.3) is 5.70 Å². The van der Waals surface area contributed by atoms with Gasteiger partial charge in [-0.15, -0.1) is 0 Å². The molecule has 148 valence electrons. The summed E-state index contributed by atoms with van der Waals surface area (Å²) in [5.41, 5.74) is 1.25. The van der Waals surface area contributed by atoms with Gasteiger partial charge in [-0.05, 0) is 57.9 Å². The lowest BCUT2D eigenvalue weighted by Crippen LogP contribution is -2.43. The molecule has 0 atom stereocenters. The van der Waals surface area contributed by atoms with E-state index >= 15 is 0 Å². The lowest BCUT2D eigenvalue weighted by atomic mass is 9.66. The van der Waals surface area contributed by atoms with E-state index in [0.717, 1.165) is 36.9 Å². The predicted octanol–water partition coefficient (Wildman–Crippen LogP) is 3.83. The van der Waals surface area contributed by atoms with E-state index in [0.29, 0.717) is 18.9 Å². The summed E-state index contributed by atoms with van der Waals surface area (Å²) in [4.78, 5) is 28.3. The van der Waals surface area contributed by atoms with E-state index in [2.05, 4.69) is 11.1 Å². The Balaban J connectivity index is 1.52. The van der Waals surface area contributed by atoms with Crippen molar-refractivity contribution in [1.29, 1.82) is 0 Å². The summed E-state index contributed by atoms with van der Waals surface area (Å²) < 4.78 is 1.91. The third kappa shape index (κ3) is 5.03. The zero-order chi connectivity index (χ0) is 20.1. The number of carbonyl (C=O) groups excluding carboxylic acids is 1. The predicted molar refractivity (Wildman–Crippen MR) is 109 cm³/mol. The maximum Gasteiger partial charge on any atom is 0.309 e. The van der Waals surface area contributed by atoms with Crippen molar-refractivity contribution in [1.82, 2.24) is 0 Å². The van der Waals surface area contributed by atoms with Gasteiger partial charge in [0.15, 0.2) is 12.4 Å². The SMILES string of the molecule is CC(C)(CC1CC(C(=O)C[n+]2ccc(/C3=C/C=C\CCC=N3)cc2)C1)C(=O)O.